The highest BCUT2D eigenvalue weighted by molar-refractivity contribution is 7.22. The summed E-state index contributed by atoms with van der Waals surface area (Å²) in [6, 6.07) is 14.6. The Morgan fingerprint density at radius 2 is 1.89 bits per heavy atom. The van der Waals surface area contributed by atoms with Gasteiger partial charge in [0.25, 0.3) is 5.91 Å². The minimum Gasteiger partial charge on any atom is -0.369 e. The first-order chi connectivity index (χ1) is 13.7. The molecule has 1 aromatic carbocycles. The smallest absolute Gasteiger partial charge is 0.263 e. The number of rotatable bonds is 6. The van der Waals surface area contributed by atoms with Crippen molar-refractivity contribution < 1.29 is 4.79 Å². The average molecular weight is 413 g/mol. The summed E-state index contributed by atoms with van der Waals surface area (Å²) >= 11 is 3.13. The number of piperazine rings is 1. The van der Waals surface area contributed by atoms with Crippen LogP contribution in [-0.4, -0.2) is 55.1 Å². The molecular weight excluding hydrogens is 388 g/mol. The van der Waals surface area contributed by atoms with Crippen LogP contribution in [-0.2, 0) is 0 Å². The molecule has 0 spiro atoms. The molecule has 0 unspecified atom stereocenters. The highest BCUT2D eigenvalue weighted by Crippen LogP contribution is 2.30. The molecule has 3 heterocycles. The van der Waals surface area contributed by atoms with Crippen LogP contribution in [0, 0.1) is 6.92 Å². The molecule has 0 radical (unpaired) electrons. The molecule has 7 heteroatoms. The van der Waals surface area contributed by atoms with Gasteiger partial charge in [0.1, 0.15) is 9.88 Å². The fraction of sp³-hybridized carbons (Fsp3) is 0.333. The van der Waals surface area contributed by atoms with Crippen molar-refractivity contribution >= 4 is 34.3 Å². The summed E-state index contributed by atoms with van der Waals surface area (Å²) in [6.07, 6.45) is 0. The molecule has 0 atom stereocenters. The number of nitrogens with one attached hydrogen (secondary N) is 1. The molecule has 0 saturated carbocycles. The minimum atomic E-state index is -0.0132. The van der Waals surface area contributed by atoms with Gasteiger partial charge in [-0.15, -0.1) is 22.7 Å². The van der Waals surface area contributed by atoms with Gasteiger partial charge < -0.3 is 10.2 Å². The normalized spacial score (nSPS) is 15.0. The molecule has 1 saturated heterocycles. The molecule has 2 aromatic heterocycles. The molecule has 4 rings (SSSR count). The van der Waals surface area contributed by atoms with Crippen LogP contribution in [0.4, 0.5) is 5.69 Å². The third kappa shape index (κ3) is 4.43. The Balaban J connectivity index is 1.24. The molecule has 1 amide bonds. The third-order valence-corrected chi connectivity index (χ3v) is 7.14. The number of carbonyl (C=O) groups is 1. The highest BCUT2D eigenvalue weighted by atomic mass is 32.1. The number of para-hydroxylation sites is 1. The molecule has 0 bridgehead atoms. The van der Waals surface area contributed by atoms with Crippen LogP contribution in [0.2, 0.25) is 0 Å². The summed E-state index contributed by atoms with van der Waals surface area (Å²) in [5.74, 6) is -0.0132. The number of amides is 1. The van der Waals surface area contributed by atoms with Crippen LogP contribution in [0.3, 0.4) is 0 Å². The second-order valence-corrected chi connectivity index (χ2v) is 8.78. The maximum atomic E-state index is 12.6. The first-order valence-corrected chi connectivity index (χ1v) is 11.2. The Labute approximate surface area is 173 Å². The van der Waals surface area contributed by atoms with Gasteiger partial charge in [-0.2, -0.15) is 0 Å². The number of anilines is 1. The van der Waals surface area contributed by atoms with Crippen molar-refractivity contribution in [3.8, 4) is 9.88 Å². The molecule has 1 aliphatic rings. The van der Waals surface area contributed by atoms with E-state index in [2.05, 4.69) is 50.4 Å². The average Bonchev–Trinajstić information content (AvgIpc) is 3.39. The van der Waals surface area contributed by atoms with E-state index >= 15 is 0 Å². The van der Waals surface area contributed by atoms with E-state index in [-0.39, 0.29) is 5.91 Å². The molecule has 3 aromatic rings. The van der Waals surface area contributed by atoms with E-state index in [1.54, 1.807) is 11.3 Å². The molecule has 1 N–H and O–H groups in total. The Bertz CT molecular complexity index is 900. The lowest BCUT2D eigenvalue weighted by molar-refractivity contribution is 0.0951. The van der Waals surface area contributed by atoms with Gasteiger partial charge in [-0.25, -0.2) is 4.98 Å². The predicted molar refractivity (Wildman–Crippen MR) is 118 cm³/mol. The topological polar surface area (TPSA) is 48.5 Å². The van der Waals surface area contributed by atoms with Gasteiger partial charge in [-0.05, 0) is 30.5 Å². The molecule has 1 fully saturated rings. The van der Waals surface area contributed by atoms with Gasteiger partial charge in [0.2, 0.25) is 0 Å². The van der Waals surface area contributed by atoms with E-state index in [1.807, 2.05) is 24.4 Å². The summed E-state index contributed by atoms with van der Waals surface area (Å²) in [6.45, 7) is 7.54. The number of thiophene rings is 1. The van der Waals surface area contributed by atoms with Crippen molar-refractivity contribution in [1.82, 2.24) is 15.2 Å². The standard InChI is InChI=1S/C21H24N4OS2/c1-16-19(28-21(23-16)18-8-5-15-27-18)20(26)22-9-10-24-11-13-25(14-12-24)17-6-3-2-4-7-17/h2-8,15H,9-14H2,1H3,(H,22,26). The van der Waals surface area contributed by atoms with Crippen molar-refractivity contribution in [2.24, 2.45) is 0 Å². The summed E-state index contributed by atoms with van der Waals surface area (Å²) in [5, 5.41) is 6.02. The summed E-state index contributed by atoms with van der Waals surface area (Å²) < 4.78 is 0. The van der Waals surface area contributed by atoms with Gasteiger partial charge in [0.15, 0.2) is 0 Å². The Hall–Kier alpha value is -2.22. The second kappa shape index (κ2) is 8.86. The van der Waals surface area contributed by atoms with Gasteiger partial charge in [0.05, 0.1) is 10.6 Å². The van der Waals surface area contributed by atoms with Crippen LogP contribution in [0.25, 0.3) is 9.88 Å². The van der Waals surface area contributed by atoms with Crippen LogP contribution in [0.15, 0.2) is 47.8 Å². The SMILES string of the molecule is Cc1nc(-c2cccs2)sc1C(=O)NCCN1CCN(c2ccccc2)CC1. The highest BCUT2D eigenvalue weighted by Gasteiger charge is 2.19. The number of aromatic nitrogens is 1. The quantitative estimate of drug-likeness (QED) is 0.670. The monoisotopic (exact) mass is 412 g/mol. The summed E-state index contributed by atoms with van der Waals surface area (Å²) in [4.78, 5) is 23.8. The zero-order chi connectivity index (χ0) is 19.3. The third-order valence-electron chi connectivity index (χ3n) is 4.94. The predicted octanol–water partition coefficient (Wildman–Crippen LogP) is 3.73. The van der Waals surface area contributed by atoms with Gasteiger partial charge in [-0.3, -0.25) is 9.69 Å². The van der Waals surface area contributed by atoms with Crippen LogP contribution in [0.1, 0.15) is 15.4 Å². The van der Waals surface area contributed by atoms with E-state index in [1.165, 1.54) is 17.0 Å². The van der Waals surface area contributed by atoms with Crippen molar-refractivity contribution in [2.75, 3.05) is 44.2 Å². The van der Waals surface area contributed by atoms with E-state index in [4.69, 9.17) is 0 Å². The molecular formula is C21H24N4OS2. The van der Waals surface area contributed by atoms with E-state index in [9.17, 15) is 4.79 Å². The number of thiazole rings is 1. The van der Waals surface area contributed by atoms with Gasteiger partial charge in [0, 0.05) is 45.0 Å². The van der Waals surface area contributed by atoms with Crippen LogP contribution < -0.4 is 10.2 Å². The fourth-order valence-electron chi connectivity index (χ4n) is 3.39. The van der Waals surface area contributed by atoms with Gasteiger partial charge in [-0.1, -0.05) is 24.3 Å². The number of benzene rings is 1. The summed E-state index contributed by atoms with van der Waals surface area (Å²) in [7, 11) is 0. The lowest BCUT2D eigenvalue weighted by Gasteiger charge is -2.36. The van der Waals surface area contributed by atoms with Crippen LogP contribution in [0.5, 0.6) is 0 Å². The lowest BCUT2D eigenvalue weighted by Crippen LogP contribution is -2.48. The number of hydrogen-bond donors (Lipinski definition) is 1. The zero-order valence-electron chi connectivity index (χ0n) is 15.9. The van der Waals surface area contributed by atoms with Crippen molar-refractivity contribution in [1.29, 1.82) is 0 Å². The molecule has 1 aliphatic heterocycles. The first-order valence-electron chi connectivity index (χ1n) is 9.52. The Morgan fingerprint density at radius 3 is 2.61 bits per heavy atom. The maximum Gasteiger partial charge on any atom is 0.263 e. The number of aryl methyl sites for hydroxylation is 1. The Kier molecular flexibility index (Phi) is 6.04. The van der Waals surface area contributed by atoms with Crippen LogP contribution >= 0.6 is 22.7 Å². The number of carbonyl (C=O) groups excluding carboxylic acids is 1. The molecule has 0 aliphatic carbocycles. The lowest BCUT2D eigenvalue weighted by atomic mass is 10.2. The number of nitrogens with zero attached hydrogens (tertiary/aromatic N) is 3. The van der Waals surface area contributed by atoms with Gasteiger partial charge >= 0.3 is 0 Å². The van der Waals surface area contributed by atoms with Crippen molar-refractivity contribution in [3.05, 3.63) is 58.4 Å². The molecule has 146 valence electrons. The zero-order valence-corrected chi connectivity index (χ0v) is 17.6. The van der Waals surface area contributed by atoms with Crippen molar-refractivity contribution in [3.63, 3.8) is 0 Å². The van der Waals surface area contributed by atoms with E-state index in [0.717, 1.165) is 53.2 Å². The van der Waals surface area contributed by atoms with E-state index < -0.39 is 0 Å². The Morgan fingerprint density at radius 1 is 1.11 bits per heavy atom. The largest absolute Gasteiger partial charge is 0.369 e. The fourth-order valence-corrected chi connectivity index (χ4v) is 5.17. The maximum absolute atomic E-state index is 12.6. The second-order valence-electron chi connectivity index (χ2n) is 6.83. The summed E-state index contributed by atoms with van der Waals surface area (Å²) in [5.41, 5.74) is 2.10. The molecule has 28 heavy (non-hydrogen) atoms. The number of hydrogen-bond acceptors (Lipinski definition) is 6. The minimum absolute atomic E-state index is 0.0132. The van der Waals surface area contributed by atoms with Crippen molar-refractivity contribution in [2.45, 2.75) is 6.92 Å². The van der Waals surface area contributed by atoms with E-state index in [0.29, 0.717) is 6.54 Å². The molecule has 5 nitrogen and oxygen atoms in total. The first kappa shape index (κ1) is 19.1.